The van der Waals surface area contributed by atoms with Crippen molar-refractivity contribution in [2.45, 2.75) is 258 Å². The van der Waals surface area contributed by atoms with E-state index in [1.165, 1.54) is 135 Å². The summed E-state index contributed by atoms with van der Waals surface area (Å²) in [7, 11) is 0. The molecule has 1 unspecified atom stereocenters. The third kappa shape index (κ3) is 50.0. The minimum atomic E-state index is -0.553. The molecule has 0 spiro atoms. The van der Waals surface area contributed by atoms with Crippen molar-refractivity contribution in [1.29, 1.82) is 0 Å². The number of esters is 2. The van der Waals surface area contributed by atoms with Crippen LogP contribution in [0, 0.1) is 0 Å². The predicted octanol–water partition coefficient (Wildman–Crippen LogP) is 17.9. The summed E-state index contributed by atoms with van der Waals surface area (Å²) in [5.74, 6) is -0.425. The topological polar surface area (TPSA) is 61.8 Å². The zero-order valence-corrected chi connectivity index (χ0v) is 41.1. The monoisotopic (exact) mass is 865 g/mol. The molecule has 0 aliphatic heterocycles. The molecule has 0 rings (SSSR count). The van der Waals surface area contributed by atoms with Gasteiger partial charge in [0.15, 0.2) is 6.10 Å². The maximum atomic E-state index is 12.8. The number of unbranched alkanes of at least 4 members (excludes halogenated alkanes) is 25. The van der Waals surface area contributed by atoms with E-state index in [1.54, 1.807) is 0 Å². The lowest BCUT2D eigenvalue weighted by Crippen LogP contribution is -2.30. The van der Waals surface area contributed by atoms with Gasteiger partial charge in [0, 0.05) is 19.4 Å². The summed E-state index contributed by atoms with van der Waals surface area (Å²) in [6.07, 6.45) is 67.6. The maximum absolute atomic E-state index is 12.8. The summed E-state index contributed by atoms with van der Waals surface area (Å²) in [6, 6.07) is 0. The van der Waals surface area contributed by atoms with Crippen molar-refractivity contribution >= 4 is 11.9 Å². The number of carbonyl (C=O) groups excluding carboxylic acids is 2. The van der Waals surface area contributed by atoms with Crippen LogP contribution in [0.25, 0.3) is 0 Å². The number of allylic oxidation sites excluding steroid dienone is 12. The molecule has 0 saturated carbocycles. The van der Waals surface area contributed by atoms with Crippen molar-refractivity contribution in [2.24, 2.45) is 0 Å². The van der Waals surface area contributed by atoms with E-state index in [0.717, 1.165) is 83.5 Å². The second-order valence-electron chi connectivity index (χ2n) is 17.4. The molecule has 0 aromatic carbocycles. The van der Waals surface area contributed by atoms with Crippen LogP contribution in [0.3, 0.4) is 0 Å². The Kier molecular flexibility index (Phi) is 50.4. The van der Waals surface area contributed by atoms with E-state index in [0.29, 0.717) is 19.4 Å². The Morgan fingerprint density at radius 2 is 0.710 bits per heavy atom. The predicted molar refractivity (Wildman–Crippen MR) is 270 cm³/mol. The second kappa shape index (κ2) is 52.7. The minimum Gasteiger partial charge on any atom is -0.462 e. The first-order chi connectivity index (χ1) is 30.6. The number of hydrogen-bond acceptors (Lipinski definition) is 5. The SMILES string of the molecule is CCC/C=C\C/C=C\CCCCCCCCOCC(COC(=O)CCCCCCCC/C=C\C/C=C\C/C=C\CCCCC)OC(=O)CCCCCCC/C=C\CCCCCC. The maximum Gasteiger partial charge on any atom is 0.306 e. The van der Waals surface area contributed by atoms with Crippen LogP contribution in [0.1, 0.15) is 252 Å². The van der Waals surface area contributed by atoms with Crippen molar-refractivity contribution in [3.05, 3.63) is 72.9 Å². The van der Waals surface area contributed by atoms with Crippen molar-refractivity contribution in [3.63, 3.8) is 0 Å². The number of ether oxygens (including phenoxy) is 3. The molecule has 0 aromatic heterocycles. The molecular formula is C57H100O5. The van der Waals surface area contributed by atoms with Gasteiger partial charge in [-0.05, 0) is 109 Å². The van der Waals surface area contributed by atoms with E-state index in [1.807, 2.05) is 0 Å². The molecule has 5 heteroatoms. The van der Waals surface area contributed by atoms with E-state index in [2.05, 4.69) is 93.7 Å². The fourth-order valence-corrected chi connectivity index (χ4v) is 7.20. The van der Waals surface area contributed by atoms with Crippen LogP contribution in [-0.4, -0.2) is 37.9 Å². The lowest BCUT2D eigenvalue weighted by Gasteiger charge is -2.18. The molecule has 358 valence electrons. The quantitative estimate of drug-likeness (QED) is 0.0346. The van der Waals surface area contributed by atoms with Crippen LogP contribution in [0.15, 0.2) is 72.9 Å². The van der Waals surface area contributed by atoms with Gasteiger partial charge in [0.2, 0.25) is 0 Å². The van der Waals surface area contributed by atoms with Gasteiger partial charge in [0.25, 0.3) is 0 Å². The fourth-order valence-electron chi connectivity index (χ4n) is 7.20. The molecule has 0 radical (unpaired) electrons. The fraction of sp³-hybridized carbons (Fsp3) is 0.754. The molecule has 0 aliphatic rings. The Hall–Kier alpha value is -2.66. The normalized spacial score (nSPS) is 12.8. The molecule has 0 aliphatic carbocycles. The third-order valence-electron chi connectivity index (χ3n) is 11.2. The van der Waals surface area contributed by atoms with Crippen LogP contribution < -0.4 is 0 Å². The smallest absolute Gasteiger partial charge is 0.306 e. The molecular weight excluding hydrogens is 765 g/mol. The van der Waals surface area contributed by atoms with Crippen LogP contribution >= 0.6 is 0 Å². The van der Waals surface area contributed by atoms with Crippen LogP contribution in [0.4, 0.5) is 0 Å². The van der Waals surface area contributed by atoms with Gasteiger partial charge in [-0.15, -0.1) is 0 Å². The van der Waals surface area contributed by atoms with Crippen molar-refractivity contribution in [2.75, 3.05) is 19.8 Å². The highest BCUT2D eigenvalue weighted by molar-refractivity contribution is 5.70. The summed E-state index contributed by atoms with van der Waals surface area (Å²) < 4.78 is 17.4. The highest BCUT2D eigenvalue weighted by atomic mass is 16.6. The van der Waals surface area contributed by atoms with E-state index in [4.69, 9.17) is 14.2 Å². The van der Waals surface area contributed by atoms with E-state index in [-0.39, 0.29) is 25.2 Å². The molecule has 0 aromatic rings. The lowest BCUT2D eigenvalue weighted by atomic mass is 10.1. The third-order valence-corrected chi connectivity index (χ3v) is 11.2. The average Bonchev–Trinajstić information content (AvgIpc) is 3.27. The number of carbonyl (C=O) groups is 2. The van der Waals surface area contributed by atoms with Gasteiger partial charge in [-0.2, -0.15) is 0 Å². The zero-order chi connectivity index (χ0) is 44.9. The largest absolute Gasteiger partial charge is 0.462 e. The summed E-state index contributed by atoms with van der Waals surface area (Å²) in [5.41, 5.74) is 0. The van der Waals surface area contributed by atoms with Crippen LogP contribution in [0.5, 0.6) is 0 Å². The first kappa shape index (κ1) is 59.3. The standard InChI is InChI=1S/C57H100O5/c1-4-7-10-13-16-19-22-25-27-28-29-30-31-33-35-38-41-44-47-50-56(58)61-54-55(53-60-52-49-46-43-40-37-34-26-23-20-17-14-11-8-5-2)62-57(59)51-48-45-42-39-36-32-24-21-18-15-12-9-6-3/h11,14,16,19-21,23-25,27,29-30,55H,4-10,12-13,15,17-18,22,26,28,31-54H2,1-3H3/b14-11-,19-16-,23-20-,24-21-,27-25-,30-29-. The van der Waals surface area contributed by atoms with Gasteiger partial charge >= 0.3 is 11.9 Å². The summed E-state index contributed by atoms with van der Waals surface area (Å²) in [6.45, 7) is 7.69. The van der Waals surface area contributed by atoms with Gasteiger partial charge in [-0.3, -0.25) is 9.59 Å². The van der Waals surface area contributed by atoms with Crippen molar-refractivity contribution < 1.29 is 23.8 Å². The molecule has 0 bridgehead atoms. The summed E-state index contributed by atoms with van der Waals surface area (Å²) >= 11 is 0. The van der Waals surface area contributed by atoms with Gasteiger partial charge in [-0.1, -0.05) is 203 Å². The van der Waals surface area contributed by atoms with Gasteiger partial charge < -0.3 is 14.2 Å². The van der Waals surface area contributed by atoms with E-state index >= 15 is 0 Å². The zero-order valence-electron chi connectivity index (χ0n) is 41.1. The van der Waals surface area contributed by atoms with Crippen LogP contribution in [-0.2, 0) is 23.8 Å². The lowest BCUT2D eigenvalue weighted by molar-refractivity contribution is -0.163. The Labute approximate surface area is 385 Å². The summed E-state index contributed by atoms with van der Waals surface area (Å²) in [4.78, 5) is 25.4. The van der Waals surface area contributed by atoms with E-state index in [9.17, 15) is 9.59 Å². The number of hydrogen-bond donors (Lipinski definition) is 0. The minimum absolute atomic E-state index is 0.0691. The van der Waals surface area contributed by atoms with Gasteiger partial charge in [0.05, 0.1) is 6.61 Å². The Morgan fingerprint density at radius 1 is 0.355 bits per heavy atom. The highest BCUT2D eigenvalue weighted by Crippen LogP contribution is 2.13. The van der Waals surface area contributed by atoms with Crippen molar-refractivity contribution in [3.8, 4) is 0 Å². The Morgan fingerprint density at radius 3 is 1.19 bits per heavy atom. The Bertz CT molecular complexity index is 1110. The second-order valence-corrected chi connectivity index (χ2v) is 17.4. The first-order valence-corrected chi connectivity index (χ1v) is 26.5. The molecule has 1 atom stereocenters. The van der Waals surface area contributed by atoms with Gasteiger partial charge in [0.1, 0.15) is 6.61 Å². The highest BCUT2D eigenvalue weighted by Gasteiger charge is 2.17. The van der Waals surface area contributed by atoms with Crippen molar-refractivity contribution in [1.82, 2.24) is 0 Å². The molecule has 62 heavy (non-hydrogen) atoms. The number of rotatable bonds is 48. The van der Waals surface area contributed by atoms with Crippen LogP contribution in [0.2, 0.25) is 0 Å². The molecule has 0 fully saturated rings. The molecule has 0 N–H and O–H groups in total. The summed E-state index contributed by atoms with van der Waals surface area (Å²) in [5, 5.41) is 0. The Balaban J connectivity index is 4.29. The average molecular weight is 865 g/mol. The van der Waals surface area contributed by atoms with Gasteiger partial charge in [-0.25, -0.2) is 0 Å². The van der Waals surface area contributed by atoms with E-state index < -0.39 is 6.10 Å². The molecule has 0 amide bonds. The molecule has 0 saturated heterocycles. The first-order valence-electron chi connectivity index (χ1n) is 26.5. The molecule has 0 heterocycles. The molecule has 5 nitrogen and oxygen atoms in total.